The van der Waals surface area contributed by atoms with Gasteiger partial charge in [-0.05, 0) is 70.4 Å². The maximum absolute atomic E-state index is 12.7. The van der Waals surface area contributed by atoms with E-state index in [-0.39, 0.29) is 11.0 Å². The zero-order valence-corrected chi connectivity index (χ0v) is 17.4. The molecular weight excluding hydrogens is 362 g/mol. The van der Waals surface area contributed by atoms with E-state index < -0.39 is 0 Å². The number of nitriles is 1. The number of pyridine rings is 1. The van der Waals surface area contributed by atoms with Gasteiger partial charge in [-0.1, -0.05) is 0 Å². The van der Waals surface area contributed by atoms with Gasteiger partial charge in [-0.3, -0.25) is 4.79 Å². The van der Waals surface area contributed by atoms with Gasteiger partial charge in [0, 0.05) is 35.7 Å². The highest BCUT2D eigenvalue weighted by molar-refractivity contribution is 5.61. The van der Waals surface area contributed by atoms with Crippen molar-refractivity contribution in [3.63, 3.8) is 0 Å². The SMILES string of the molecule is Cc1nc(N2CCCC3(CCc4c3nc(C3CC3)[nH]c4=O)C2)c(C#N)c(C)c1C. The van der Waals surface area contributed by atoms with Crippen LogP contribution >= 0.6 is 0 Å². The number of aryl methyl sites for hydroxylation is 1. The van der Waals surface area contributed by atoms with Gasteiger partial charge in [-0.15, -0.1) is 0 Å². The highest BCUT2D eigenvalue weighted by Crippen LogP contribution is 2.46. The molecule has 1 N–H and O–H groups in total. The Morgan fingerprint density at radius 3 is 2.69 bits per heavy atom. The van der Waals surface area contributed by atoms with Crippen molar-refractivity contribution in [2.75, 3.05) is 18.0 Å². The molecule has 2 aliphatic carbocycles. The highest BCUT2D eigenvalue weighted by Gasteiger charge is 2.46. The molecular formula is C23H27N5O. The highest BCUT2D eigenvalue weighted by atomic mass is 16.1. The average molecular weight is 390 g/mol. The summed E-state index contributed by atoms with van der Waals surface area (Å²) < 4.78 is 0. The molecule has 0 bridgehead atoms. The smallest absolute Gasteiger partial charge is 0.254 e. The molecule has 0 radical (unpaired) electrons. The summed E-state index contributed by atoms with van der Waals surface area (Å²) in [7, 11) is 0. The van der Waals surface area contributed by atoms with Gasteiger partial charge in [0.15, 0.2) is 0 Å². The summed E-state index contributed by atoms with van der Waals surface area (Å²) >= 11 is 0. The number of hydrogen-bond donors (Lipinski definition) is 1. The molecule has 5 rings (SSSR count). The number of aromatic amines is 1. The van der Waals surface area contributed by atoms with Gasteiger partial charge in [0.2, 0.25) is 0 Å². The molecule has 1 aliphatic heterocycles. The van der Waals surface area contributed by atoms with Crippen LogP contribution in [0.3, 0.4) is 0 Å². The zero-order chi connectivity index (χ0) is 20.3. The molecule has 3 aliphatic rings. The minimum absolute atomic E-state index is 0.0590. The quantitative estimate of drug-likeness (QED) is 0.851. The first-order valence-corrected chi connectivity index (χ1v) is 10.7. The number of aromatic nitrogens is 3. The molecule has 1 saturated heterocycles. The molecule has 2 fully saturated rings. The van der Waals surface area contributed by atoms with E-state index in [0.717, 1.165) is 91.3 Å². The van der Waals surface area contributed by atoms with Crippen LogP contribution < -0.4 is 10.5 Å². The lowest BCUT2D eigenvalue weighted by Crippen LogP contribution is -2.46. The molecule has 1 spiro atoms. The van der Waals surface area contributed by atoms with Crippen molar-refractivity contribution < 1.29 is 0 Å². The summed E-state index contributed by atoms with van der Waals surface area (Å²) in [6.07, 6.45) is 6.06. The van der Waals surface area contributed by atoms with E-state index in [1.165, 1.54) is 0 Å². The van der Waals surface area contributed by atoms with E-state index in [1.807, 2.05) is 20.8 Å². The Bertz CT molecular complexity index is 1110. The molecule has 29 heavy (non-hydrogen) atoms. The van der Waals surface area contributed by atoms with Gasteiger partial charge in [0.25, 0.3) is 5.56 Å². The summed E-state index contributed by atoms with van der Waals surface area (Å²) in [4.78, 5) is 27.8. The monoisotopic (exact) mass is 389 g/mol. The fourth-order valence-corrected chi connectivity index (χ4v) is 5.22. The van der Waals surface area contributed by atoms with E-state index in [4.69, 9.17) is 9.97 Å². The van der Waals surface area contributed by atoms with Crippen LogP contribution in [0.1, 0.15) is 77.5 Å². The standard InChI is InChI=1S/C23H27N5O/c1-13-14(2)18(11-24)21(25-15(13)3)28-10-4-8-23(12-28)9-7-17-19(23)26-20(16-5-6-16)27-22(17)29/h16H,4-10,12H2,1-3H3,(H,26,27,29). The van der Waals surface area contributed by atoms with Crippen molar-refractivity contribution in [3.8, 4) is 6.07 Å². The third kappa shape index (κ3) is 2.78. The van der Waals surface area contributed by atoms with Gasteiger partial charge < -0.3 is 9.88 Å². The lowest BCUT2D eigenvalue weighted by molar-refractivity contribution is 0.332. The minimum Gasteiger partial charge on any atom is -0.355 e. The molecule has 1 atom stereocenters. The Kier molecular flexibility index (Phi) is 4.06. The van der Waals surface area contributed by atoms with E-state index in [0.29, 0.717) is 11.5 Å². The molecule has 0 amide bonds. The van der Waals surface area contributed by atoms with Crippen LogP contribution in [0, 0.1) is 32.1 Å². The second-order valence-electron chi connectivity index (χ2n) is 9.12. The van der Waals surface area contributed by atoms with Crippen LogP contribution in [0.15, 0.2) is 4.79 Å². The maximum atomic E-state index is 12.7. The summed E-state index contributed by atoms with van der Waals surface area (Å²) in [5.74, 6) is 2.11. The zero-order valence-electron chi connectivity index (χ0n) is 17.4. The molecule has 2 aromatic heterocycles. The van der Waals surface area contributed by atoms with E-state index in [2.05, 4.69) is 16.0 Å². The first-order valence-electron chi connectivity index (χ1n) is 10.7. The fraction of sp³-hybridized carbons (Fsp3) is 0.565. The Hall–Kier alpha value is -2.68. The molecule has 1 unspecified atom stereocenters. The van der Waals surface area contributed by atoms with Crippen molar-refractivity contribution in [3.05, 3.63) is 49.8 Å². The van der Waals surface area contributed by atoms with Gasteiger partial charge in [-0.25, -0.2) is 9.97 Å². The number of piperidine rings is 1. The number of nitrogens with one attached hydrogen (secondary N) is 1. The van der Waals surface area contributed by atoms with Crippen LogP contribution in [0.4, 0.5) is 5.82 Å². The molecule has 3 heterocycles. The second-order valence-corrected chi connectivity index (χ2v) is 9.12. The third-order valence-electron chi connectivity index (χ3n) is 7.32. The Morgan fingerprint density at radius 2 is 1.97 bits per heavy atom. The van der Waals surface area contributed by atoms with Crippen molar-refractivity contribution in [1.82, 2.24) is 15.0 Å². The molecule has 0 aromatic carbocycles. The van der Waals surface area contributed by atoms with Crippen molar-refractivity contribution >= 4 is 5.82 Å². The summed E-state index contributed by atoms with van der Waals surface area (Å²) in [5.41, 5.74) is 5.62. The van der Waals surface area contributed by atoms with Crippen LogP contribution in [-0.2, 0) is 11.8 Å². The van der Waals surface area contributed by atoms with E-state index >= 15 is 0 Å². The van der Waals surface area contributed by atoms with Gasteiger partial charge in [0.1, 0.15) is 17.7 Å². The molecule has 2 aromatic rings. The van der Waals surface area contributed by atoms with Crippen LogP contribution in [-0.4, -0.2) is 28.0 Å². The number of H-pyrrole nitrogens is 1. The first kappa shape index (κ1) is 18.4. The topological polar surface area (TPSA) is 85.7 Å². The van der Waals surface area contributed by atoms with Crippen LogP contribution in [0.2, 0.25) is 0 Å². The molecule has 6 nitrogen and oxygen atoms in total. The Balaban J connectivity index is 1.57. The lowest BCUT2D eigenvalue weighted by atomic mass is 9.77. The number of nitrogens with zero attached hydrogens (tertiary/aromatic N) is 4. The molecule has 1 saturated carbocycles. The van der Waals surface area contributed by atoms with Crippen LogP contribution in [0.5, 0.6) is 0 Å². The van der Waals surface area contributed by atoms with Gasteiger partial charge in [0.05, 0.1) is 11.3 Å². The summed E-state index contributed by atoms with van der Waals surface area (Å²) in [6.45, 7) is 7.73. The molecule has 6 heteroatoms. The maximum Gasteiger partial charge on any atom is 0.254 e. The normalized spacial score (nSPS) is 23.3. The minimum atomic E-state index is -0.105. The number of hydrogen-bond acceptors (Lipinski definition) is 5. The lowest BCUT2D eigenvalue weighted by Gasteiger charge is -2.41. The second kappa shape index (κ2) is 6.41. The number of rotatable bonds is 2. The van der Waals surface area contributed by atoms with Crippen molar-refractivity contribution in [2.45, 2.75) is 70.6 Å². The summed E-state index contributed by atoms with van der Waals surface area (Å²) in [5, 5.41) is 9.83. The first-order chi connectivity index (χ1) is 13.9. The van der Waals surface area contributed by atoms with E-state index in [9.17, 15) is 10.1 Å². The molecule has 150 valence electrons. The number of fused-ring (bicyclic) bond motifs is 2. The average Bonchev–Trinajstić information content (AvgIpc) is 3.51. The summed E-state index contributed by atoms with van der Waals surface area (Å²) in [6, 6.07) is 2.39. The predicted octanol–water partition coefficient (Wildman–Crippen LogP) is 3.32. The fourth-order valence-electron chi connectivity index (χ4n) is 5.22. The predicted molar refractivity (Wildman–Crippen MR) is 111 cm³/mol. The largest absolute Gasteiger partial charge is 0.355 e. The Labute approximate surface area is 171 Å². The Morgan fingerprint density at radius 1 is 1.17 bits per heavy atom. The van der Waals surface area contributed by atoms with Crippen LogP contribution in [0.25, 0.3) is 0 Å². The van der Waals surface area contributed by atoms with Gasteiger partial charge in [-0.2, -0.15) is 5.26 Å². The van der Waals surface area contributed by atoms with Gasteiger partial charge >= 0.3 is 0 Å². The van der Waals surface area contributed by atoms with E-state index in [1.54, 1.807) is 0 Å². The third-order valence-corrected chi connectivity index (χ3v) is 7.32. The van der Waals surface area contributed by atoms with Crippen molar-refractivity contribution in [1.29, 1.82) is 5.26 Å². The van der Waals surface area contributed by atoms with Crippen molar-refractivity contribution in [2.24, 2.45) is 0 Å². The number of anilines is 1.